The van der Waals surface area contributed by atoms with Crippen LogP contribution in [0.15, 0.2) is 77.1 Å². The molecule has 0 aliphatic rings. The highest BCUT2D eigenvalue weighted by atomic mass is 16.5. The fourth-order valence-electron chi connectivity index (χ4n) is 3.11. The molecule has 0 saturated heterocycles. The van der Waals surface area contributed by atoms with E-state index in [2.05, 4.69) is 5.32 Å². The Morgan fingerprint density at radius 2 is 1.81 bits per heavy atom. The maximum absolute atomic E-state index is 12.9. The van der Waals surface area contributed by atoms with Gasteiger partial charge < -0.3 is 10.1 Å². The molecule has 1 aromatic heterocycles. The van der Waals surface area contributed by atoms with Crippen LogP contribution in [0.5, 0.6) is 5.75 Å². The van der Waals surface area contributed by atoms with E-state index in [9.17, 15) is 14.9 Å². The molecule has 1 amide bonds. The average Bonchev–Trinajstić information content (AvgIpc) is 3.00. The van der Waals surface area contributed by atoms with Crippen molar-refractivity contribution in [2.24, 2.45) is 7.05 Å². The van der Waals surface area contributed by atoms with Crippen molar-refractivity contribution in [2.75, 3.05) is 12.4 Å². The van der Waals surface area contributed by atoms with Gasteiger partial charge in [-0.25, -0.2) is 4.68 Å². The molecular weight excluding hydrogens is 392 g/mol. The van der Waals surface area contributed by atoms with Gasteiger partial charge in [0.25, 0.3) is 11.5 Å². The van der Waals surface area contributed by atoms with Crippen molar-refractivity contribution in [3.05, 3.63) is 93.9 Å². The van der Waals surface area contributed by atoms with Gasteiger partial charge in [0.15, 0.2) is 0 Å². The maximum Gasteiger partial charge on any atom is 0.295 e. The van der Waals surface area contributed by atoms with E-state index >= 15 is 0 Å². The molecule has 0 atom stereocenters. The molecule has 7 heteroatoms. The van der Waals surface area contributed by atoms with Gasteiger partial charge in [-0.3, -0.25) is 14.3 Å². The van der Waals surface area contributed by atoms with E-state index in [0.717, 1.165) is 5.56 Å². The van der Waals surface area contributed by atoms with Crippen LogP contribution in [0.2, 0.25) is 0 Å². The predicted molar refractivity (Wildman–Crippen MR) is 120 cm³/mol. The van der Waals surface area contributed by atoms with E-state index < -0.39 is 5.91 Å². The summed E-state index contributed by atoms with van der Waals surface area (Å²) in [6, 6.07) is 18.4. The van der Waals surface area contributed by atoms with Crippen molar-refractivity contribution in [1.82, 2.24) is 9.36 Å². The average molecular weight is 414 g/mol. The number of nitrogens with zero attached hydrogens (tertiary/aromatic N) is 3. The standard InChI is InChI=1S/C24H22N4O3/c1-17-22(24(30)28(27(17)2)20-13-5-4-6-14-20)26-23(29)19(16-25)12-9-11-18-10-7-8-15-21(18)31-3/h4-15H,1-3H3,(H,26,29)/b11-9+,19-12+. The van der Waals surface area contributed by atoms with Crippen molar-refractivity contribution in [2.45, 2.75) is 6.92 Å². The van der Waals surface area contributed by atoms with Crippen molar-refractivity contribution in [3.8, 4) is 17.5 Å². The molecule has 0 unspecified atom stereocenters. The summed E-state index contributed by atoms with van der Waals surface area (Å²) in [5.74, 6) is 0.0228. The zero-order chi connectivity index (χ0) is 22.4. The predicted octanol–water partition coefficient (Wildman–Crippen LogP) is 3.59. The Morgan fingerprint density at radius 3 is 2.48 bits per heavy atom. The number of anilines is 1. The van der Waals surface area contributed by atoms with Gasteiger partial charge in [0.2, 0.25) is 0 Å². The SMILES string of the molecule is COc1ccccc1/C=C/C=C(\C#N)C(=O)Nc1c(C)n(C)n(-c2ccccc2)c1=O. The molecular formula is C24H22N4O3. The lowest BCUT2D eigenvalue weighted by Gasteiger charge is -2.07. The highest BCUT2D eigenvalue weighted by Crippen LogP contribution is 2.19. The first kappa shape index (κ1) is 21.4. The molecule has 31 heavy (non-hydrogen) atoms. The Balaban J connectivity index is 1.87. The minimum Gasteiger partial charge on any atom is -0.496 e. The quantitative estimate of drug-likeness (QED) is 0.379. The Hall–Kier alpha value is -4.31. The van der Waals surface area contributed by atoms with Crippen LogP contribution in [0, 0.1) is 18.3 Å². The van der Waals surface area contributed by atoms with E-state index in [0.29, 0.717) is 17.1 Å². The molecule has 156 valence electrons. The number of carbonyl (C=O) groups excluding carboxylic acids is 1. The highest BCUT2D eigenvalue weighted by molar-refractivity contribution is 6.07. The van der Waals surface area contributed by atoms with Gasteiger partial charge in [-0.2, -0.15) is 5.26 Å². The number of hydrogen-bond acceptors (Lipinski definition) is 4. The smallest absolute Gasteiger partial charge is 0.295 e. The number of hydrogen-bond donors (Lipinski definition) is 1. The third-order valence-electron chi connectivity index (χ3n) is 4.84. The number of para-hydroxylation sites is 2. The molecule has 0 fully saturated rings. The summed E-state index contributed by atoms with van der Waals surface area (Å²) in [5.41, 5.74) is 1.69. The number of amides is 1. The summed E-state index contributed by atoms with van der Waals surface area (Å²) < 4.78 is 8.39. The van der Waals surface area contributed by atoms with Gasteiger partial charge in [0.05, 0.1) is 18.5 Å². The zero-order valence-electron chi connectivity index (χ0n) is 17.5. The number of rotatable bonds is 6. The molecule has 0 aliphatic heterocycles. The van der Waals surface area contributed by atoms with E-state index in [1.54, 1.807) is 50.0 Å². The van der Waals surface area contributed by atoms with Crippen LogP contribution in [0.4, 0.5) is 5.69 Å². The molecule has 1 heterocycles. The molecule has 1 N–H and O–H groups in total. The highest BCUT2D eigenvalue weighted by Gasteiger charge is 2.19. The van der Waals surface area contributed by atoms with Gasteiger partial charge in [-0.15, -0.1) is 0 Å². The van der Waals surface area contributed by atoms with Crippen molar-refractivity contribution >= 4 is 17.7 Å². The lowest BCUT2D eigenvalue weighted by molar-refractivity contribution is -0.112. The second kappa shape index (κ2) is 9.46. The lowest BCUT2D eigenvalue weighted by atomic mass is 10.1. The molecule has 3 rings (SSSR count). The summed E-state index contributed by atoms with van der Waals surface area (Å²) in [6.07, 6.45) is 4.73. The first-order valence-corrected chi connectivity index (χ1v) is 9.54. The second-order valence-corrected chi connectivity index (χ2v) is 6.68. The third-order valence-corrected chi connectivity index (χ3v) is 4.84. The number of nitrogens with one attached hydrogen (secondary N) is 1. The second-order valence-electron chi connectivity index (χ2n) is 6.68. The topological polar surface area (TPSA) is 89.0 Å². The van der Waals surface area contributed by atoms with Crippen LogP contribution in [-0.2, 0) is 11.8 Å². The van der Waals surface area contributed by atoms with Gasteiger partial charge in [0.1, 0.15) is 23.1 Å². The summed E-state index contributed by atoms with van der Waals surface area (Å²) in [5, 5.41) is 12.0. The van der Waals surface area contributed by atoms with Crippen LogP contribution in [-0.4, -0.2) is 22.4 Å². The fourth-order valence-corrected chi connectivity index (χ4v) is 3.11. The number of carbonyl (C=O) groups is 1. The van der Waals surface area contributed by atoms with E-state index in [1.165, 1.54) is 10.8 Å². The van der Waals surface area contributed by atoms with Crippen LogP contribution >= 0.6 is 0 Å². The van der Waals surface area contributed by atoms with E-state index in [-0.39, 0.29) is 16.8 Å². The number of ether oxygens (including phenoxy) is 1. The normalized spacial score (nSPS) is 11.4. The van der Waals surface area contributed by atoms with E-state index in [1.807, 2.05) is 48.5 Å². The van der Waals surface area contributed by atoms with Crippen molar-refractivity contribution in [3.63, 3.8) is 0 Å². The van der Waals surface area contributed by atoms with Crippen molar-refractivity contribution in [1.29, 1.82) is 5.26 Å². The summed E-state index contributed by atoms with van der Waals surface area (Å²) in [7, 11) is 3.30. The maximum atomic E-state index is 12.9. The fraction of sp³-hybridized carbons (Fsp3) is 0.125. The van der Waals surface area contributed by atoms with Crippen LogP contribution in [0.1, 0.15) is 11.3 Å². The van der Waals surface area contributed by atoms with Gasteiger partial charge in [0, 0.05) is 12.6 Å². The third kappa shape index (κ3) is 4.49. The lowest BCUT2D eigenvalue weighted by Crippen LogP contribution is -2.23. The molecule has 7 nitrogen and oxygen atoms in total. The zero-order valence-corrected chi connectivity index (χ0v) is 17.5. The Morgan fingerprint density at radius 1 is 1.13 bits per heavy atom. The molecule has 0 radical (unpaired) electrons. The largest absolute Gasteiger partial charge is 0.496 e. The summed E-state index contributed by atoms with van der Waals surface area (Å²) in [6.45, 7) is 1.73. The molecule has 0 aliphatic carbocycles. The summed E-state index contributed by atoms with van der Waals surface area (Å²) in [4.78, 5) is 25.6. The number of nitriles is 1. The first-order valence-electron chi connectivity index (χ1n) is 9.54. The molecule has 3 aromatic rings. The number of methoxy groups -OCH3 is 1. The number of benzene rings is 2. The summed E-state index contributed by atoms with van der Waals surface area (Å²) >= 11 is 0. The number of allylic oxidation sites excluding steroid dienone is 2. The van der Waals surface area contributed by atoms with Crippen LogP contribution in [0.25, 0.3) is 11.8 Å². The van der Waals surface area contributed by atoms with E-state index in [4.69, 9.17) is 4.74 Å². The Labute approximate surface area is 180 Å². The minimum atomic E-state index is -0.654. The molecule has 2 aromatic carbocycles. The molecule has 0 saturated carbocycles. The Kier molecular flexibility index (Phi) is 6.53. The Bertz CT molecular complexity index is 1260. The van der Waals surface area contributed by atoms with Crippen LogP contribution in [0.3, 0.4) is 0 Å². The molecule has 0 bridgehead atoms. The minimum absolute atomic E-state index is 0.125. The molecule has 0 spiro atoms. The van der Waals surface area contributed by atoms with Crippen LogP contribution < -0.4 is 15.6 Å². The number of aromatic nitrogens is 2. The van der Waals surface area contributed by atoms with Gasteiger partial charge in [-0.1, -0.05) is 48.6 Å². The van der Waals surface area contributed by atoms with Gasteiger partial charge >= 0.3 is 0 Å². The first-order chi connectivity index (χ1) is 15.0. The monoisotopic (exact) mass is 414 g/mol. The van der Waals surface area contributed by atoms with Gasteiger partial charge in [-0.05, 0) is 31.2 Å². The van der Waals surface area contributed by atoms with Crippen molar-refractivity contribution < 1.29 is 9.53 Å².